The molecule has 3 heteroatoms. The Morgan fingerprint density at radius 3 is 1.48 bits per heavy atom. The van der Waals surface area contributed by atoms with Crippen molar-refractivity contribution in [2.24, 2.45) is 0 Å². The predicted molar refractivity (Wildman–Crippen MR) is 120 cm³/mol. The molecule has 0 saturated heterocycles. The molecule has 0 aliphatic heterocycles. The fourth-order valence-electron chi connectivity index (χ4n) is 3.43. The summed E-state index contributed by atoms with van der Waals surface area (Å²) in [6.45, 7) is 2.28. The van der Waals surface area contributed by atoms with Crippen LogP contribution in [0.5, 0.6) is 11.5 Å². The molecule has 2 N–H and O–H groups in total. The number of phenols is 2. The van der Waals surface area contributed by atoms with Gasteiger partial charge in [-0.25, -0.2) is 0 Å². The summed E-state index contributed by atoms with van der Waals surface area (Å²) in [5, 5.41) is 18.8. The third-order valence-corrected chi connectivity index (χ3v) is 6.29. The zero-order chi connectivity index (χ0) is 19.6. The molecule has 0 amide bonds. The molecule has 0 unspecified atom stereocenters. The van der Waals surface area contributed by atoms with Gasteiger partial charge in [0.25, 0.3) is 0 Å². The number of hydrogen-bond donors (Lipinski definition) is 2. The van der Waals surface area contributed by atoms with Crippen molar-refractivity contribution in [1.29, 1.82) is 0 Å². The maximum atomic E-state index is 9.48. The monoisotopic (exact) mass is 394 g/mol. The quantitative estimate of drug-likeness (QED) is 0.149. The number of phenolic OH excluding ortho intramolecular Hbond substituents is 2. The molecule has 0 bridgehead atoms. The Morgan fingerprint density at radius 2 is 1.04 bits per heavy atom. The van der Waals surface area contributed by atoms with Crippen LogP contribution in [0.15, 0.2) is 23.1 Å². The van der Waals surface area contributed by atoms with Crippen molar-refractivity contribution >= 4 is 11.8 Å². The van der Waals surface area contributed by atoms with E-state index in [1.54, 1.807) is 23.9 Å². The smallest absolute Gasteiger partial charge is 0.158 e. The highest BCUT2D eigenvalue weighted by molar-refractivity contribution is 7.99. The third-order valence-electron chi connectivity index (χ3n) is 5.21. The normalized spacial score (nSPS) is 11.1. The Labute approximate surface area is 172 Å². The lowest BCUT2D eigenvalue weighted by Gasteiger charge is -2.05. The first-order chi connectivity index (χ1) is 13.2. The molecule has 0 aromatic heterocycles. The number of thioether (sulfide) groups is 1. The fraction of sp³-hybridized carbons (Fsp3) is 0.750. The highest BCUT2D eigenvalue weighted by Crippen LogP contribution is 2.30. The van der Waals surface area contributed by atoms with E-state index < -0.39 is 0 Å². The molecule has 1 aromatic carbocycles. The number of unbranched alkanes of at least 4 members (excludes halogenated alkanes) is 15. The summed E-state index contributed by atoms with van der Waals surface area (Å²) in [5.41, 5.74) is 0. The standard InChI is InChI=1S/C24H42O2S/c1-2-3-4-5-6-7-8-9-10-11-12-13-14-15-16-17-20-27-22-18-19-23(25)24(26)21-22/h18-19,21,25-26H,2-17,20H2,1H3. The molecular weight excluding hydrogens is 352 g/mol. The van der Waals surface area contributed by atoms with Crippen molar-refractivity contribution in [1.82, 2.24) is 0 Å². The zero-order valence-electron chi connectivity index (χ0n) is 17.6. The van der Waals surface area contributed by atoms with Gasteiger partial charge in [0.15, 0.2) is 11.5 Å². The van der Waals surface area contributed by atoms with Gasteiger partial charge < -0.3 is 10.2 Å². The predicted octanol–water partition coefficient (Wildman–Crippen LogP) is 8.45. The molecule has 27 heavy (non-hydrogen) atoms. The summed E-state index contributed by atoms with van der Waals surface area (Å²) in [6, 6.07) is 5.07. The second-order valence-electron chi connectivity index (χ2n) is 7.80. The molecule has 0 spiro atoms. The highest BCUT2D eigenvalue weighted by Gasteiger charge is 2.01. The van der Waals surface area contributed by atoms with Gasteiger partial charge in [-0.3, -0.25) is 0 Å². The third kappa shape index (κ3) is 13.9. The lowest BCUT2D eigenvalue weighted by Crippen LogP contribution is -1.85. The van der Waals surface area contributed by atoms with Gasteiger partial charge in [0.1, 0.15) is 0 Å². The average Bonchev–Trinajstić information content (AvgIpc) is 2.67. The van der Waals surface area contributed by atoms with Gasteiger partial charge in [-0.2, -0.15) is 0 Å². The van der Waals surface area contributed by atoms with Crippen LogP contribution in [0.25, 0.3) is 0 Å². The van der Waals surface area contributed by atoms with E-state index in [-0.39, 0.29) is 11.5 Å². The van der Waals surface area contributed by atoms with Gasteiger partial charge in [0.2, 0.25) is 0 Å². The van der Waals surface area contributed by atoms with Gasteiger partial charge in [-0.1, -0.05) is 103 Å². The molecule has 0 saturated carbocycles. The second kappa shape index (κ2) is 17.3. The molecule has 1 rings (SSSR count). The van der Waals surface area contributed by atoms with Crippen LogP contribution in [0, 0.1) is 0 Å². The summed E-state index contributed by atoms with van der Waals surface area (Å²) in [7, 11) is 0. The Kier molecular flexibility index (Phi) is 15.5. The summed E-state index contributed by atoms with van der Waals surface area (Å²) < 4.78 is 0. The van der Waals surface area contributed by atoms with Crippen LogP contribution in [-0.4, -0.2) is 16.0 Å². The van der Waals surface area contributed by atoms with Crippen LogP contribution in [0.2, 0.25) is 0 Å². The maximum Gasteiger partial charge on any atom is 0.158 e. The first kappa shape index (κ1) is 24.2. The molecule has 1 aromatic rings. The number of hydrogen-bond acceptors (Lipinski definition) is 3. The first-order valence-electron chi connectivity index (χ1n) is 11.4. The molecule has 0 atom stereocenters. The highest BCUT2D eigenvalue weighted by atomic mass is 32.2. The molecule has 0 aliphatic rings. The van der Waals surface area contributed by atoms with Gasteiger partial charge in [0.05, 0.1) is 0 Å². The van der Waals surface area contributed by atoms with Crippen LogP contribution in [0.1, 0.15) is 110 Å². The summed E-state index contributed by atoms with van der Waals surface area (Å²) in [6.07, 6.45) is 22.4. The van der Waals surface area contributed by atoms with Crippen LogP contribution < -0.4 is 0 Å². The number of aromatic hydroxyl groups is 2. The molecule has 2 nitrogen and oxygen atoms in total. The second-order valence-corrected chi connectivity index (χ2v) is 8.97. The van der Waals surface area contributed by atoms with E-state index in [0.29, 0.717) is 0 Å². The topological polar surface area (TPSA) is 40.5 Å². The van der Waals surface area contributed by atoms with E-state index in [2.05, 4.69) is 6.92 Å². The minimum atomic E-state index is -0.0400. The van der Waals surface area contributed by atoms with Gasteiger partial charge in [-0.05, 0) is 30.4 Å². The Balaban J connectivity index is 1.77. The number of rotatable bonds is 18. The van der Waals surface area contributed by atoms with Crippen molar-refractivity contribution < 1.29 is 10.2 Å². The van der Waals surface area contributed by atoms with Crippen molar-refractivity contribution in [2.75, 3.05) is 5.75 Å². The molecular formula is C24H42O2S. The fourth-order valence-corrected chi connectivity index (χ4v) is 4.38. The van der Waals surface area contributed by atoms with Crippen molar-refractivity contribution in [3.63, 3.8) is 0 Å². The zero-order valence-corrected chi connectivity index (χ0v) is 18.4. The summed E-state index contributed by atoms with van der Waals surface area (Å²) in [4.78, 5) is 1.03. The Morgan fingerprint density at radius 1 is 0.593 bits per heavy atom. The largest absolute Gasteiger partial charge is 0.504 e. The van der Waals surface area contributed by atoms with Crippen LogP contribution in [-0.2, 0) is 0 Å². The van der Waals surface area contributed by atoms with Crippen molar-refractivity contribution in [2.45, 2.75) is 115 Å². The van der Waals surface area contributed by atoms with Crippen molar-refractivity contribution in [3.05, 3.63) is 18.2 Å². The van der Waals surface area contributed by atoms with E-state index >= 15 is 0 Å². The Bertz CT molecular complexity index is 462. The van der Waals surface area contributed by atoms with Gasteiger partial charge >= 0.3 is 0 Å². The number of benzene rings is 1. The van der Waals surface area contributed by atoms with E-state index in [0.717, 1.165) is 10.6 Å². The van der Waals surface area contributed by atoms with E-state index in [1.807, 2.05) is 6.07 Å². The lowest BCUT2D eigenvalue weighted by molar-refractivity contribution is 0.402. The van der Waals surface area contributed by atoms with Crippen LogP contribution in [0.4, 0.5) is 0 Å². The van der Waals surface area contributed by atoms with E-state index in [4.69, 9.17) is 0 Å². The van der Waals surface area contributed by atoms with Crippen LogP contribution >= 0.6 is 11.8 Å². The molecule has 156 valence electrons. The van der Waals surface area contributed by atoms with Gasteiger partial charge in [-0.15, -0.1) is 11.8 Å². The average molecular weight is 395 g/mol. The molecule has 0 heterocycles. The molecule has 0 aliphatic carbocycles. The molecule has 0 fully saturated rings. The van der Waals surface area contributed by atoms with Crippen LogP contribution in [0.3, 0.4) is 0 Å². The SMILES string of the molecule is CCCCCCCCCCCCCCCCCCSc1ccc(O)c(O)c1. The first-order valence-corrected chi connectivity index (χ1v) is 12.4. The Hall–Kier alpha value is -0.830. The minimum absolute atomic E-state index is 0.0213. The van der Waals surface area contributed by atoms with E-state index in [9.17, 15) is 10.2 Å². The summed E-state index contributed by atoms with van der Waals surface area (Å²) >= 11 is 1.76. The summed E-state index contributed by atoms with van der Waals surface area (Å²) in [5.74, 6) is 1.02. The van der Waals surface area contributed by atoms with Gasteiger partial charge in [0, 0.05) is 4.90 Å². The van der Waals surface area contributed by atoms with Crippen molar-refractivity contribution in [3.8, 4) is 11.5 Å². The lowest BCUT2D eigenvalue weighted by atomic mass is 10.0. The maximum absolute atomic E-state index is 9.48. The van der Waals surface area contributed by atoms with E-state index in [1.165, 1.54) is 103 Å². The molecule has 0 radical (unpaired) electrons. The minimum Gasteiger partial charge on any atom is -0.504 e.